The van der Waals surface area contributed by atoms with Crippen LogP contribution in [0.1, 0.15) is 44.1 Å². The first-order chi connectivity index (χ1) is 14.7. The number of hydrogen-bond donors (Lipinski definition) is 0. The average Bonchev–Trinajstić information content (AvgIpc) is 3.37. The van der Waals surface area contributed by atoms with E-state index in [4.69, 9.17) is 18.3 Å². The molecule has 0 N–H and O–H groups in total. The molecule has 1 aliphatic rings. The van der Waals surface area contributed by atoms with Gasteiger partial charge in [0.05, 0.1) is 25.5 Å². The Kier molecular flexibility index (Phi) is 5.16. The first kappa shape index (κ1) is 19.1. The summed E-state index contributed by atoms with van der Waals surface area (Å²) in [5, 5.41) is 2.05. The van der Waals surface area contributed by atoms with Gasteiger partial charge in [0.25, 0.3) is 0 Å². The Bertz CT molecular complexity index is 1160. The Morgan fingerprint density at radius 1 is 1.00 bits per heavy atom. The first-order valence-corrected chi connectivity index (χ1v) is 10.9. The molecule has 0 atom stereocenters. The highest BCUT2D eigenvalue weighted by molar-refractivity contribution is 6.00. The number of methoxy groups -OCH3 is 1. The summed E-state index contributed by atoms with van der Waals surface area (Å²) in [6, 6.07) is 12.0. The van der Waals surface area contributed by atoms with Gasteiger partial charge >= 0.3 is 0 Å². The van der Waals surface area contributed by atoms with Gasteiger partial charge < -0.3 is 18.3 Å². The molecule has 4 aromatic rings. The number of aryl methyl sites for hydroxylation is 1. The molecule has 1 aliphatic carbocycles. The van der Waals surface area contributed by atoms with E-state index in [1.165, 1.54) is 32.1 Å². The summed E-state index contributed by atoms with van der Waals surface area (Å²) < 4.78 is 23.6. The van der Waals surface area contributed by atoms with Crippen LogP contribution in [0.15, 0.2) is 51.5 Å². The van der Waals surface area contributed by atoms with Crippen molar-refractivity contribution < 1.29 is 18.3 Å². The molecule has 2 heterocycles. The molecule has 0 spiro atoms. The minimum absolute atomic E-state index is 0.773. The second-order valence-corrected chi connectivity index (χ2v) is 8.39. The zero-order valence-corrected chi connectivity index (χ0v) is 17.7. The SMILES string of the molecule is COc1ccc2occ(C)c2c1-c1cc2cc(OCCC3CCCCC3)ccc2o1. The smallest absolute Gasteiger partial charge is 0.139 e. The third kappa shape index (κ3) is 3.55. The third-order valence-electron chi connectivity index (χ3n) is 6.36. The maximum atomic E-state index is 6.21. The van der Waals surface area contributed by atoms with E-state index in [0.29, 0.717) is 0 Å². The largest absolute Gasteiger partial charge is 0.496 e. The molecule has 4 nitrogen and oxygen atoms in total. The Balaban J connectivity index is 1.42. The Hall–Kier alpha value is -2.88. The van der Waals surface area contributed by atoms with Crippen molar-refractivity contribution in [2.75, 3.05) is 13.7 Å². The van der Waals surface area contributed by atoms with Crippen molar-refractivity contribution in [1.29, 1.82) is 0 Å². The number of furan rings is 2. The summed E-state index contributed by atoms with van der Waals surface area (Å²) in [5.41, 5.74) is 3.66. The standard InChI is InChI=1S/C26H28O4/c1-17-16-29-23-11-10-22(27-2)26(25(17)23)24-15-19-14-20(8-9-21(19)30-24)28-13-12-18-6-4-3-5-7-18/h8-11,14-16,18H,3-7,12-13H2,1-2H3. The van der Waals surface area contributed by atoms with Crippen LogP contribution < -0.4 is 9.47 Å². The van der Waals surface area contributed by atoms with Crippen molar-refractivity contribution in [1.82, 2.24) is 0 Å². The van der Waals surface area contributed by atoms with Crippen molar-refractivity contribution in [2.24, 2.45) is 5.92 Å². The lowest BCUT2D eigenvalue weighted by Gasteiger charge is -2.21. The lowest BCUT2D eigenvalue weighted by Crippen LogP contribution is -2.10. The van der Waals surface area contributed by atoms with Crippen molar-refractivity contribution >= 4 is 21.9 Å². The predicted molar refractivity (Wildman–Crippen MR) is 119 cm³/mol. The lowest BCUT2D eigenvalue weighted by atomic mass is 9.87. The van der Waals surface area contributed by atoms with Crippen molar-refractivity contribution in [3.8, 4) is 22.8 Å². The number of benzene rings is 2. The van der Waals surface area contributed by atoms with Crippen LogP contribution in [0.4, 0.5) is 0 Å². The van der Waals surface area contributed by atoms with Gasteiger partial charge in [-0.1, -0.05) is 32.1 Å². The van der Waals surface area contributed by atoms with E-state index in [9.17, 15) is 0 Å². The fraction of sp³-hybridized carbons (Fsp3) is 0.385. The van der Waals surface area contributed by atoms with Gasteiger partial charge in [-0.2, -0.15) is 0 Å². The number of fused-ring (bicyclic) bond motifs is 2. The van der Waals surface area contributed by atoms with Gasteiger partial charge in [0, 0.05) is 10.8 Å². The van der Waals surface area contributed by atoms with E-state index in [1.54, 1.807) is 13.4 Å². The van der Waals surface area contributed by atoms with Crippen LogP contribution in [-0.2, 0) is 0 Å². The van der Waals surface area contributed by atoms with Crippen molar-refractivity contribution in [3.63, 3.8) is 0 Å². The maximum absolute atomic E-state index is 6.21. The molecule has 156 valence electrons. The van der Waals surface area contributed by atoms with Crippen molar-refractivity contribution in [3.05, 3.63) is 48.2 Å². The molecular weight excluding hydrogens is 376 g/mol. The maximum Gasteiger partial charge on any atom is 0.139 e. The molecule has 0 amide bonds. The first-order valence-electron chi connectivity index (χ1n) is 10.9. The van der Waals surface area contributed by atoms with Gasteiger partial charge in [-0.25, -0.2) is 0 Å². The second kappa shape index (κ2) is 8.10. The highest BCUT2D eigenvalue weighted by Gasteiger charge is 2.19. The summed E-state index contributed by atoms with van der Waals surface area (Å²) in [5.74, 6) is 3.27. The molecule has 5 rings (SSSR count). The predicted octanol–water partition coefficient (Wildman–Crippen LogP) is 7.51. The molecule has 4 heteroatoms. The minimum atomic E-state index is 0.773. The number of rotatable bonds is 6. The Morgan fingerprint density at radius 2 is 1.83 bits per heavy atom. The van der Waals surface area contributed by atoms with Gasteiger partial charge in [0.1, 0.15) is 28.4 Å². The summed E-state index contributed by atoms with van der Waals surface area (Å²) in [7, 11) is 1.68. The van der Waals surface area contributed by atoms with E-state index in [2.05, 4.69) is 12.1 Å². The summed E-state index contributed by atoms with van der Waals surface area (Å²) in [6.07, 6.45) is 9.78. The summed E-state index contributed by atoms with van der Waals surface area (Å²) in [4.78, 5) is 0. The van der Waals surface area contributed by atoms with Gasteiger partial charge in [0.15, 0.2) is 0 Å². The molecular formula is C26H28O4. The highest BCUT2D eigenvalue weighted by Crippen LogP contribution is 2.42. The van der Waals surface area contributed by atoms with E-state index in [0.717, 1.165) is 69.3 Å². The molecule has 0 bridgehead atoms. The van der Waals surface area contributed by atoms with E-state index in [1.807, 2.05) is 31.2 Å². The van der Waals surface area contributed by atoms with Crippen LogP contribution in [-0.4, -0.2) is 13.7 Å². The van der Waals surface area contributed by atoms with E-state index < -0.39 is 0 Å². The van der Waals surface area contributed by atoms with Crippen LogP contribution in [0, 0.1) is 12.8 Å². The van der Waals surface area contributed by atoms with Gasteiger partial charge in [-0.05, 0) is 61.2 Å². The Morgan fingerprint density at radius 3 is 2.67 bits per heavy atom. The molecule has 0 saturated heterocycles. The monoisotopic (exact) mass is 404 g/mol. The fourth-order valence-electron chi connectivity index (χ4n) is 4.73. The van der Waals surface area contributed by atoms with Crippen LogP contribution in [0.3, 0.4) is 0 Å². The van der Waals surface area contributed by atoms with Gasteiger partial charge in [0.2, 0.25) is 0 Å². The van der Waals surface area contributed by atoms with Crippen LogP contribution in [0.2, 0.25) is 0 Å². The molecule has 2 aromatic heterocycles. The van der Waals surface area contributed by atoms with Gasteiger partial charge in [-0.15, -0.1) is 0 Å². The average molecular weight is 405 g/mol. The van der Waals surface area contributed by atoms with E-state index in [-0.39, 0.29) is 0 Å². The zero-order valence-electron chi connectivity index (χ0n) is 17.7. The topological polar surface area (TPSA) is 44.7 Å². The molecule has 0 unspecified atom stereocenters. The normalized spacial score (nSPS) is 15.1. The molecule has 0 radical (unpaired) electrons. The number of hydrogen-bond acceptors (Lipinski definition) is 4. The number of ether oxygens (including phenoxy) is 2. The molecule has 2 aromatic carbocycles. The Labute approximate surface area is 176 Å². The molecule has 0 aliphatic heterocycles. The summed E-state index contributed by atoms with van der Waals surface area (Å²) >= 11 is 0. The minimum Gasteiger partial charge on any atom is -0.496 e. The zero-order chi connectivity index (χ0) is 20.5. The van der Waals surface area contributed by atoms with Gasteiger partial charge in [-0.3, -0.25) is 0 Å². The van der Waals surface area contributed by atoms with Crippen LogP contribution >= 0.6 is 0 Å². The second-order valence-electron chi connectivity index (χ2n) is 8.39. The lowest BCUT2D eigenvalue weighted by molar-refractivity contribution is 0.246. The van der Waals surface area contributed by atoms with Crippen LogP contribution in [0.5, 0.6) is 11.5 Å². The molecule has 1 saturated carbocycles. The molecule has 1 fully saturated rings. The van der Waals surface area contributed by atoms with Crippen LogP contribution in [0.25, 0.3) is 33.3 Å². The van der Waals surface area contributed by atoms with Crippen molar-refractivity contribution in [2.45, 2.75) is 45.4 Å². The summed E-state index contributed by atoms with van der Waals surface area (Å²) in [6.45, 7) is 2.82. The fourth-order valence-corrected chi connectivity index (χ4v) is 4.73. The third-order valence-corrected chi connectivity index (χ3v) is 6.36. The van der Waals surface area contributed by atoms with E-state index >= 15 is 0 Å². The quantitative estimate of drug-likeness (QED) is 0.333. The molecule has 30 heavy (non-hydrogen) atoms. The highest BCUT2D eigenvalue weighted by atomic mass is 16.5.